The average Bonchev–Trinajstić information content (AvgIpc) is 2.58. The second kappa shape index (κ2) is 8.22. The summed E-state index contributed by atoms with van der Waals surface area (Å²) in [5, 5.41) is 2.96. The molecule has 0 heterocycles. The van der Waals surface area contributed by atoms with E-state index in [4.69, 9.17) is 4.74 Å². The molecule has 2 aromatic carbocycles. The van der Waals surface area contributed by atoms with Crippen LogP contribution in [0.4, 0.5) is 5.69 Å². The molecule has 0 radical (unpaired) electrons. The third-order valence-electron chi connectivity index (χ3n) is 3.73. The molecule has 0 fully saturated rings. The van der Waals surface area contributed by atoms with E-state index in [0.717, 1.165) is 23.5 Å². The maximum absolute atomic E-state index is 12.2. The van der Waals surface area contributed by atoms with Crippen molar-refractivity contribution in [1.82, 2.24) is 5.32 Å². The highest BCUT2D eigenvalue weighted by Gasteiger charge is 2.10. The number of benzene rings is 2. The first-order valence-corrected chi connectivity index (χ1v) is 7.83. The predicted octanol–water partition coefficient (Wildman–Crippen LogP) is 3.15. The third-order valence-corrected chi connectivity index (χ3v) is 3.73. The largest absolute Gasteiger partial charge is 0.497 e. The molecule has 0 unspecified atom stereocenters. The number of nitrogens with one attached hydrogen (secondary N) is 1. The summed E-state index contributed by atoms with van der Waals surface area (Å²) >= 11 is 0. The maximum atomic E-state index is 12.2. The lowest BCUT2D eigenvalue weighted by Gasteiger charge is -2.23. The summed E-state index contributed by atoms with van der Waals surface area (Å²) in [7, 11) is 1.64. The summed E-state index contributed by atoms with van der Waals surface area (Å²) in [6.07, 6.45) is 0. The topological polar surface area (TPSA) is 41.6 Å². The van der Waals surface area contributed by atoms with Crippen LogP contribution in [0.3, 0.4) is 0 Å². The van der Waals surface area contributed by atoms with Crippen molar-refractivity contribution in [3.8, 4) is 5.75 Å². The van der Waals surface area contributed by atoms with Crippen LogP contribution in [0.1, 0.15) is 18.1 Å². The Morgan fingerprint density at radius 3 is 2.52 bits per heavy atom. The van der Waals surface area contributed by atoms with Gasteiger partial charge in [0.25, 0.3) is 0 Å². The first-order valence-electron chi connectivity index (χ1n) is 7.83. The van der Waals surface area contributed by atoms with Crippen molar-refractivity contribution in [3.63, 3.8) is 0 Å². The molecule has 0 saturated heterocycles. The van der Waals surface area contributed by atoms with Crippen molar-refractivity contribution in [1.29, 1.82) is 0 Å². The van der Waals surface area contributed by atoms with Gasteiger partial charge in [0.2, 0.25) is 5.91 Å². The van der Waals surface area contributed by atoms with Crippen molar-refractivity contribution < 1.29 is 9.53 Å². The molecule has 2 aromatic rings. The summed E-state index contributed by atoms with van der Waals surface area (Å²) in [5.41, 5.74) is 3.32. The number of carbonyl (C=O) groups is 1. The molecule has 4 heteroatoms. The summed E-state index contributed by atoms with van der Waals surface area (Å²) in [6, 6.07) is 15.9. The molecule has 0 spiro atoms. The fraction of sp³-hybridized carbons (Fsp3) is 0.316. The summed E-state index contributed by atoms with van der Waals surface area (Å²) in [5.74, 6) is 0.834. The summed E-state index contributed by atoms with van der Waals surface area (Å²) in [6.45, 7) is 5.78. The van der Waals surface area contributed by atoms with Gasteiger partial charge in [0.1, 0.15) is 5.75 Å². The van der Waals surface area contributed by atoms with E-state index in [9.17, 15) is 4.79 Å². The summed E-state index contributed by atoms with van der Waals surface area (Å²) < 4.78 is 5.13. The van der Waals surface area contributed by atoms with Gasteiger partial charge in [-0.15, -0.1) is 0 Å². The Labute approximate surface area is 138 Å². The zero-order valence-electron chi connectivity index (χ0n) is 14.0. The van der Waals surface area contributed by atoms with Crippen molar-refractivity contribution in [2.75, 3.05) is 25.1 Å². The quantitative estimate of drug-likeness (QED) is 0.854. The van der Waals surface area contributed by atoms with Crippen molar-refractivity contribution >= 4 is 11.6 Å². The number of hydrogen-bond donors (Lipinski definition) is 1. The highest BCUT2D eigenvalue weighted by Crippen LogP contribution is 2.15. The Morgan fingerprint density at radius 2 is 1.91 bits per heavy atom. The standard InChI is InChI=1S/C19H24N2O2/c1-4-21(17-7-5-6-15(2)12-17)14-19(22)20-13-16-8-10-18(23-3)11-9-16/h5-12H,4,13-14H2,1-3H3,(H,20,22). The maximum Gasteiger partial charge on any atom is 0.239 e. The number of rotatable bonds is 7. The molecule has 0 aliphatic carbocycles. The zero-order chi connectivity index (χ0) is 16.7. The fourth-order valence-corrected chi connectivity index (χ4v) is 2.38. The van der Waals surface area contributed by atoms with Gasteiger partial charge < -0.3 is 15.0 Å². The van der Waals surface area contributed by atoms with Gasteiger partial charge in [0.15, 0.2) is 0 Å². The molecule has 0 aromatic heterocycles. The molecule has 1 amide bonds. The lowest BCUT2D eigenvalue weighted by Crippen LogP contribution is -2.37. The highest BCUT2D eigenvalue weighted by atomic mass is 16.5. The molecule has 0 bridgehead atoms. The van der Waals surface area contributed by atoms with Gasteiger partial charge in [-0.05, 0) is 49.2 Å². The van der Waals surface area contributed by atoms with Crippen molar-refractivity contribution in [3.05, 3.63) is 59.7 Å². The molecule has 0 atom stereocenters. The van der Waals surface area contributed by atoms with Crippen LogP contribution < -0.4 is 15.0 Å². The van der Waals surface area contributed by atoms with E-state index in [1.165, 1.54) is 5.56 Å². The van der Waals surface area contributed by atoms with Gasteiger partial charge in [-0.2, -0.15) is 0 Å². The lowest BCUT2D eigenvalue weighted by molar-refractivity contribution is -0.119. The zero-order valence-corrected chi connectivity index (χ0v) is 14.0. The monoisotopic (exact) mass is 312 g/mol. The van der Waals surface area contributed by atoms with E-state index < -0.39 is 0 Å². The number of ether oxygens (including phenoxy) is 1. The molecular weight excluding hydrogens is 288 g/mol. The molecule has 0 aliphatic rings. The second-order valence-corrected chi connectivity index (χ2v) is 5.48. The van der Waals surface area contributed by atoms with Crippen LogP contribution in [-0.4, -0.2) is 26.1 Å². The molecular formula is C19H24N2O2. The van der Waals surface area contributed by atoms with Crippen LogP contribution in [0.25, 0.3) is 0 Å². The Bertz CT molecular complexity index is 638. The van der Waals surface area contributed by atoms with Crippen LogP contribution in [0.5, 0.6) is 5.75 Å². The number of nitrogens with zero attached hydrogens (tertiary/aromatic N) is 1. The number of amides is 1. The van der Waals surface area contributed by atoms with E-state index in [2.05, 4.69) is 36.2 Å². The van der Waals surface area contributed by atoms with E-state index in [-0.39, 0.29) is 5.91 Å². The van der Waals surface area contributed by atoms with E-state index in [0.29, 0.717) is 13.1 Å². The second-order valence-electron chi connectivity index (χ2n) is 5.48. The van der Waals surface area contributed by atoms with Crippen LogP contribution in [0.15, 0.2) is 48.5 Å². The smallest absolute Gasteiger partial charge is 0.239 e. The van der Waals surface area contributed by atoms with Crippen LogP contribution >= 0.6 is 0 Å². The summed E-state index contributed by atoms with van der Waals surface area (Å²) in [4.78, 5) is 14.3. The Hall–Kier alpha value is -2.49. The van der Waals surface area contributed by atoms with E-state index in [1.807, 2.05) is 36.4 Å². The minimum absolute atomic E-state index is 0.0178. The first kappa shape index (κ1) is 16.9. The van der Waals surface area contributed by atoms with Gasteiger partial charge in [-0.25, -0.2) is 0 Å². The molecule has 2 rings (SSSR count). The minimum atomic E-state index is 0.0178. The van der Waals surface area contributed by atoms with Gasteiger partial charge in [0, 0.05) is 18.8 Å². The number of anilines is 1. The number of hydrogen-bond acceptors (Lipinski definition) is 3. The number of carbonyl (C=O) groups excluding carboxylic acids is 1. The fourth-order valence-electron chi connectivity index (χ4n) is 2.38. The first-order chi connectivity index (χ1) is 11.1. The van der Waals surface area contributed by atoms with E-state index >= 15 is 0 Å². The van der Waals surface area contributed by atoms with Crippen molar-refractivity contribution in [2.24, 2.45) is 0 Å². The molecule has 0 aliphatic heterocycles. The Balaban J connectivity index is 1.89. The normalized spacial score (nSPS) is 10.2. The Kier molecular flexibility index (Phi) is 6.03. The van der Waals surface area contributed by atoms with Crippen LogP contribution in [0.2, 0.25) is 0 Å². The molecule has 4 nitrogen and oxygen atoms in total. The average molecular weight is 312 g/mol. The van der Waals surface area contributed by atoms with Gasteiger partial charge in [0.05, 0.1) is 13.7 Å². The molecule has 1 N–H and O–H groups in total. The number of likely N-dealkylation sites (N-methyl/N-ethyl adjacent to an activating group) is 1. The Morgan fingerprint density at radius 1 is 1.17 bits per heavy atom. The van der Waals surface area contributed by atoms with Gasteiger partial charge in [-0.1, -0.05) is 24.3 Å². The number of methoxy groups -OCH3 is 1. The van der Waals surface area contributed by atoms with Crippen LogP contribution in [-0.2, 0) is 11.3 Å². The highest BCUT2D eigenvalue weighted by molar-refractivity contribution is 5.81. The minimum Gasteiger partial charge on any atom is -0.497 e. The van der Waals surface area contributed by atoms with Crippen molar-refractivity contribution in [2.45, 2.75) is 20.4 Å². The molecule has 122 valence electrons. The predicted molar refractivity (Wildman–Crippen MR) is 93.9 cm³/mol. The van der Waals surface area contributed by atoms with E-state index in [1.54, 1.807) is 7.11 Å². The lowest BCUT2D eigenvalue weighted by atomic mass is 10.2. The third kappa shape index (κ3) is 5.02. The number of aryl methyl sites for hydroxylation is 1. The van der Waals surface area contributed by atoms with Gasteiger partial charge >= 0.3 is 0 Å². The molecule has 23 heavy (non-hydrogen) atoms. The SMILES string of the molecule is CCN(CC(=O)NCc1ccc(OC)cc1)c1cccc(C)c1. The van der Waals surface area contributed by atoms with Gasteiger partial charge in [-0.3, -0.25) is 4.79 Å². The molecule has 0 saturated carbocycles. The van der Waals surface area contributed by atoms with Crippen LogP contribution in [0, 0.1) is 6.92 Å².